The van der Waals surface area contributed by atoms with E-state index in [2.05, 4.69) is 9.88 Å². The fourth-order valence-electron chi connectivity index (χ4n) is 2.15. The lowest BCUT2D eigenvalue weighted by atomic mass is 10.1. The zero-order valence-electron chi connectivity index (χ0n) is 10.3. The van der Waals surface area contributed by atoms with Crippen molar-refractivity contribution in [2.45, 2.75) is 32.4 Å². The number of nitrogens with zero attached hydrogens (tertiary/aromatic N) is 2. The first-order valence-electron chi connectivity index (χ1n) is 6.13. The molecule has 1 aliphatic rings. The van der Waals surface area contributed by atoms with Crippen molar-refractivity contribution < 1.29 is 14.3 Å². The molecule has 5 heteroatoms. The Hall–Kier alpha value is -0.910. The average Bonchev–Trinajstić information content (AvgIpc) is 2.74. The summed E-state index contributed by atoms with van der Waals surface area (Å²) in [4.78, 5) is 6.57. The topological polar surface area (TPSA) is 58.7 Å². The Kier molecular flexibility index (Phi) is 4.53. The summed E-state index contributed by atoms with van der Waals surface area (Å²) in [6.07, 6.45) is 3.85. The lowest BCUT2D eigenvalue weighted by molar-refractivity contribution is -0.00922. The van der Waals surface area contributed by atoms with Gasteiger partial charge < -0.3 is 14.3 Å². The number of rotatable bonds is 5. The number of aromatic nitrogens is 1. The molecule has 2 heterocycles. The molecule has 0 aliphatic carbocycles. The van der Waals surface area contributed by atoms with Crippen LogP contribution in [0.2, 0.25) is 0 Å². The highest BCUT2D eigenvalue weighted by molar-refractivity contribution is 5.04. The highest BCUT2D eigenvalue weighted by atomic mass is 16.5. The molecule has 1 aromatic heterocycles. The van der Waals surface area contributed by atoms with Crippen molar-refractivity contribution in [2.75, 3.05) is 26.3 Å². The first-order chi connectivity index (χ1) is 8.29. The maximum atomic E-state index is 8.70. The van der Waals surface area contributed by atoms with Gasteiger partial charge in [-0.15, -0.1) is 0 Å². The molecule has 0 aromatic carbocycles. The molecule has 0 spiro atoms. The summed E-state index contributed by atoms with van der Waals surface area (Å²) < 4.78 is 10.7. The summed E-state index contributed by atoms with van der Waals surface area (Å²) in [5, 5.41) is 8.70. The summed E-state index contributed by atoms with van der Waals surface area (Å²) >= 11 is 0. The molecule has 1 fully saturated rings. The smallest absolute Gasteiger partial charge is 0.181 e. The first-order valence-corrected chi connectivity index (χ1v) is 6.13. The Morgan fingerprint density at radius 1 is 1.53 bits per heavy atom. The Morgan fingerprint density at radius 2 is 2.29 bits per heavy atom. The normalized spacial score (nSPS) is 18.7. The van der Waals surface area contributed by atoms with Crippen molar-refractivity contribution >= 4 is 0 Å². The summed E-state index contributed by atoms with van der Waals surface area (Å²) in [5.41, 5.74) is 1.03. The molecule has 0 unspecified atom stereocenters. The minimum atomic E-state index is 0.109. The molecule has 17 heavy (non-hydrogen) atoms. The Bertz CT molecular complexity index is 332. The van der Waals surface area contributed by atoms with Crippen molar-refractivity contribution in [3.8, 4) is 0 Å². The van der Waals surface area contributed by atoms with E-state index < -0.39 is 0 Å². The van der Waals surface area contributed by atoms with Gasteiger partial charge in [-0.3, -0.25) is 4.90 Å². The van der Waals surface area contributed by atoms with Crippen molar-refractivity contribution in [2.24, 2.45) is 0 Å². The molecule has 0 atom stereocenters. The molecule has 1 saturated heterocycles. The van der Waals surface area contributed by atoms with Crippen LogP contribution in [0.1, 0.15) is 24.3 Å². The molecule has 96 valence electrons. The van der Waals surface area contributed by atoms with Gasteiger partial charge in [0.15, 0.2) is 6.39 Å². The molecule has 0 amide bonds. The maximum absolute atomic E-state index is 8.70. The number of aliphatic hydroxyl groups is 1. The second-order valence-electron chi connectivity index (χ2n) is 4.43. The van der Waals surface area contributed by atoms with Crippen LogP contribution in [-0.4, -0.2) is 47.4 Å². The van der Waals surface area contributed by atoms with E-state index in [1.165, 1.54) is 6.39 Å². The number of ether oxygens (including phenoxy) is 1. The second-order valence-corrected chi connectivity index (χ2v) is 4.43. The van der Waals surface area contributed by atoms with Crippen LogP contribution in [0.25, 0.3) is 0 Å². The van der Waals surface area contributed by atoms with E-state index in [0.29, 0.717) is 12.7 Å². The number of likely N-dealkylation sites (tertiary alicyclic amines) is 1. The van der Waals surface area contributed by atoms with E-state index in [0.717, 1.165) is 43.9 Å². The van der Waals surface area contributed by atoms with Crippen LogP contribution in [0.3, 0.4) is 0 Å². The van der Waals surface area contributed by atoms with Gasteiger partial charge in [-0.05, 0) is 19.8 Å². The average molecular weight is 240 g/mol. The van der Waals surface area contributed by atoms with Gasteiger partial charge in [0.1, 0.15) is 5.76 Å². The molecular weight excluding hydrogens is 220 g/mol. The van der Waals surface area contributed by atoms with Crippen LogP contribution >= 0.6 is 0 Å². The number of piperidine rings is 1. The van der Waals surface area contributed by atoms with E-state index >= 15 is 0 Å². The van der Waals surface area contributed by atoms with Gasteiger partial charge in [0.25, 0.3) is 0 Å². The zero-order valence-corrected chi connectivity index (χ0v) is 10.3. The monoisotopic (exact) mass is 240 g/mol. The van der Waals surface area contributed by atoms with E-state index in [4.69, 9.17) is 14.3 Å². The van der Waals surface area contributed by atoms with Crippen molar-refractivity contribution in [1.29, 1.82) is 0 Å². The lowest BCUT2D eigenvalue weighted by Crippen LogP contribution is -2.37. The Balaban J connectivity index is 1.74. The predicted octanol–water partition coefficient (Wildman–Crippen LogP) is 0.956. The lowest BCUT2D eigenvalue weighted by Gasteiger charge is -2.31. The van der Waals surface area contributed by atoms with Gasteiger partial charge in [0.2, 0.25) is 0 Å². The summed E-state index contributed by atoms with van der Waals surface area (Å²) in [7, 11) is 0. The molecule has 0 radical (unpaired) electrons. The zero-order chi connectivity index (χ0) is 12.1. The summed E-state index contributed by atoms with van der Waals surface area (Å²) in [5.74, 6) is 0.906. The quantitative estimate of drug-likeness (QED) is 0.830. The van der Waals surface area contributed by atoms with Gasteiger partial charge >= 0.3 is 0 Å². The van der Waals surface area contributed by atoms with Gasteiger partial charge in [-0.2, -0.15) is 0 Å². The van der Waals surface area contributed by atoms with Crippen molar-refractivity contribution in [3.63, 3.8) is 0 Å². The van der Waals surface area contributed by atoms with Crippen LogP contribution in [-0.2, 0) is 11.3 Å². The van der Waals surface area contributed by atoms with Crippen molar-refractivity contribution in [1.82, 2.24) is 9.88 Å². The fraction of sp³-hybridized carbons (Fsp3) is 0.750. The molecule has 0 saturated carbocycles. The number of aliphatic hydroxyl groups excluding tert-OH is 1. The molecule has 2 rings (SSSR count). The minimum Gasteiger partial charge on any atom is -0.448 e. The van der Waals surface area contributed by atoms with Gasteiger partial charge in [-0.25, -0.2) is 4.98 Å². The fourth-order valence-corrected chi connectivity index (χ4v) is 2.15. The summed E-state index contributed by atoms with van der Waals surface area (Å²) in [6, 6.07) is 0. The SMILES string of the molecule is Cc1ocnc1CN1CCC(OCCO)CC1. The van der Waals surface area contributed by atoms with E-state index in [1.54, 1.807) is 0 Å². The van der Waals surface area contributed by atoms with E-state index in [9.17, 15) is 0 Å². The van der Waals surface area contributed by atoms with Crippen LogP contribution in [0.5, 0.6) is 0 Å². The maximum Gasteiger partial charge on any atom is 0.181 e. The van der Waals surface area contributed by atoms with Crippen LogP contribution in [0, 0.1) is 6.92 Å². The molecule has 1 aliphatic heterocycles. The largest absolute Gasteiger partial charge is 0.448 e. The third-order valence-electron chi connectivity index (χ3n) is 3.20. The number of oxazole rings is 1. The molecule has 5 nitrogen and oxygen atoms in total. The van der Waals surface area contributed by atoms with E-state index in [-0.39, 0.29) is 6.61 Å². The van der Waals surface area contributed by atoms with Gasteiger partial charge in [0.05, 0.1) is 25.0 Å². The molecular formula is C12H20N2O3. The highest BCUT2D eigenvalue weighted by Crippen LogP contribution is 2.16. The second kappa shape index (κ2) is 6.14. The van der Waals surface area contributed by atoms with Gasteiger partial charge in [-0.1, -0.05) is 0 Å². The predicted molar refractivity (Wildman–Crippen MR) is 62.6 cm³/mol. The standard InChI is InChI=1S/C12H20N2O3/c1-10-12(13-9-17-10)8-14-4-2-11(3-5-14)16-7-6-15/h9,11,15H,2-8H2,1H3. The minimum absolute atomic E-state index is 0.109. The Labute approximate surface area is 101 Å². The van der Waals surface area contributed by atoms with E-state index in [1.807, 2.05) is 6.92 Å². The third kappa shape index (κ3) is 3.52. The third-order valence-corrected chi connectivity index (χ3v) is 3.20. The number of hydrogen-bond donors (Lipinski definition) is 1. The van der Waals surface area contributed by atoms with Crippen LogP contribution < -0.4 is 0 Å². The molecule has 0 bridgehead atoms. The van der Waals surface area contributed by atoms with Crippen LogP contribution in [0.15, 0.2) is 10.8 Å². The van der Waals surface area contributed by atoms with Gasteiger partial charge in [0, 0.05) is 19.6 Å². The number of hydrogen-bond acceptors (Lipinski definition) is 5. The molecule has 1 aromatic rings. The highest BCUT2D eigenvalue weighted by Gasteiger charge is 2.20. The van der Waals surface area contributed by atoms with Crippen LogP contribution in [0.4, 0.5) is 0 Å². The number of aryl methyl sites for hydroxylation is 1. The molecule has 1 N–H and O–H groups in total. The first kappa shape index (κ1) is 12.5. The Morgan fingerprint density at radius 3 is 2.88 bits per heavy atom. The summed E-state index contributed by atoms with van der Waals surface area (Å²) in [6.45, 7) is 5.39. The van der Waals surface area contributed by atoms with Crippen molar-refractivity contribution in [3.05, 3.63) is 17.8 Å².